The van der Waals surface area contributed by atoms with E-state index in [2.05, 4.69) is 0 Å². The fraction of sp³-hybridized carbons (Fsp3) is 0.417. The van der Waals surface area contributed by atoms with Crippen LogP contribution in [-0.4, -0.2) is 42.2 Å². The summed E-state index contributed by atoms with van der Waals surface area (Å²) in [5.41, 5.74) is 0. The van der Waals surface area contributed by atoms with Crippen molar-refractivity contribution in [1.82, 2.24) is 4.90 Å². The van der Waals surface area contributed by atoms with E-state index in [-0.39, 0.29) is 12.4 Å². The van der Waals surface area contributed by atoms with Gasteiger partial charge in [0.15, 0.2) is 11.6 Å². The Labute approximate surface area is 99.6 Å². The molecule has 0 saturated carbocycles. The van der Waals surface area contributed by atoms with E-state index in [1.807, 2.05) is 0 Å². The van der Waals surface area contributed by atoms with Gasteiger partial charge in [0.25, 0.3) is 0 Å². The molecule has 1 aromatic rings. The van der Waals surface area contributed by atoms with Gasteiger partial charge in [-0.2, -0.15) is 0 Å². The zero-order chi connectivity index (χ0) is 12.8. The van der Waals surface area contributed by atoms with Gasteiger partial charge in [0.1, 0.15) is 12.6 Å². The standard InChI is InChI=1S/C12H16FNO3/c1-9(12(15)16)14(2)7-8-17-11-6-4-3-5-10(11)13/h3-6,9H,7-8H2,1-2H3,(H,15,16). The van der Waals surface area contributed by atoms with Crippen molar-refractivity contribution in [2.75, 3.05) is 20.2 Å². The lowest BCUT2D eigenvalue weighted by molar-refractivity contribution is -0.142. The van der Waals surface area contributed by atoms with Crippen molar-refractivity contribution in [3.05, 3.63) is 30.1 Å². The van der Waals surface area contributed by atoms with Crippen molar-refractivity contribution < 1.29 is 19.0 Å². The van der Waals surface area contributed by atoms with Gasteiger partial charge in [0, 0.05) is 6.54 Å². The number of likely N-dealkylation sites (N-methyl/N-ethyl adjacent to an activating group) is 1. The third-order valence-corrected chi connectivity index (χ3v) is 2.56. The molecular formula is C12H16FNO3. The molecule has 0 aliphatic heterocycles. The number of hydrogen-bond donors (Lipinski definition) is 1. The molecule has 5 heteroatoms. The number of rotatable bonds is 6. The van der Waals surface area contributed by atoms with E-state index in [0.29, 0.717) is 6.54 Å². The average Bonchev–Trinajstić information content (AvgIpc) is 2.30. The van der Waals surface area contributed by atoms with Crippen LogP contribution in [0.4, 0.5) is 4.39 Å². The smallest absolute Gasteiger partial charge is 0.320 e. The number of para-hydroxylation sites is 1. The first kappa shape index (κ1) is 13.4. The molecule has 0 bridgehead atoms. The highest BCUT2D eigenvalue weighted by Crippen LogP contribution is 2.15. The molecule has 1 N–H and O–H groups in total. The molecule has 0 aliphatic carbocycles. The Balaban J connectivity index is 2.38. The van der Waals surface area contributed by atoms with E-state index in [4.69, 9.17) is 9.84 Å². The number of benzene rings is 1. The second kappa shape index (κ2) is 6.20. The van der Waals surface area contributed by atoms with Crippen LogP contribution in [0.3, 0.4) is 0 Å². The molecule has 1 atom stereocenters. The molecule has 17 heavy (non-hydrogen) atoms. The molecule has 0 amide bonds. The quantitative estimate of drug-likeness (QED) is 0.822. The van der Waals surface area contributed by atoms with Crippen molar-refractivity contribution in [1.29, 1.82) is 0 Å². The summed E-state index contributed by atoms with van der Waals surface area (Å²) < 4.78 is 18.4. The third kappa shape index (κ3) is 4.03. The van der Waals surface area contributed by atoms with Gasteiger partial charge in [-0.15, -0.1) is 0 Å². The van der Waals surface area contributed by atoms with E-state index < -0.39 is 17.8 Å². The Morgan fingerprint density at radius 3 is 2.76 bits per heavy atom. The number of halogens is 1. The van der Waals surface area contributed by atoms with Gasteiger partial charge >= 0.3 is 5.97 Å². The topological polar surface area (TPSA) is 49.8 Å². The van der Waals surface area contributed by atoms with Crippen LogP contribution in [0, 0.1) is 5.82 Å². The van der Waals surface area contributed by atoms with Gasteiger partial charge in [0.05, 0.1) is 0 Å². The first-order valence-corrected chi connectivity index (χ1v) is 5.32. The van der Waals surface area contributed by atoms with Crippen molar-refractivity contribution >= 4 is 5.97 Å². The SMILES string of the molecule is CC(C(=O)O)N(C)CCOc1ccccc1F. The number of carboxylic acids is 1. The van der Waals surface area contributed by atoms with Gasteiger partial charge in [-0.1, -0.05) is 12.1 Å². The van der Waals surface area contributed by atoms with Crippen molar-refractivity contribution in [3.8, 4) is 5.75 Å². The van der Waals surface area contributed by atoms with Gasteiger partial charge in [-0.3, -0.25) is 9.69 Å². The minimum atomic E-state index is -0.890. The summed E-state index contributed by atoms with van der Waals surface area (Å²) >= 11 is 0. The minimum Gasteiger partial charge on any atom is -0.489 e. The van der Waals surface area contributed by atoms with E-state index >= 15 is 0 Å². The lowest BCUT2D eigenvalue weighted by atomic mass is 10.3. The zero-order valence-corrected chi connectivity index (χ0v) is 9.89. The summed E-state index contributed by atoms with van der Waals surface area (Å²) in [4.78, 5) is 12.3. The molecular weight excluding hydrogens is 225 g/mol. The molecule has 0 radical (unpaired) electrons. The van der Waals surface area contributed by atoms with Crippen LogP contribution in [0.5, 0.6) is 5.75 Å². The van der Waals surface area contributed by atoms with Crippen LogP contribution in [0.15, 0.2) is 24.3 Å². The van der Waals surface area contributed by atoms with Crippen molar-refractivity contribution in [3.63, 3.8) is 0 Å². The summed E-state index contributed by atoms with van der Waals surface area (Å²) in [6, 6.07) is 5.54. The Kier molecular flexibility index (Phi) is 4.90. The van der Waals surface area contributed by atoms with E-state index in [1.54, 1.807) is 31.0 Å². The lowest BCUT2D eigenvalue weighted by Gasteiger charge is -2.20. The molecule has 0 aromatic heterocycles. The maximum Gasteiger partial charge on any atom is 0.320 e. The molecule has 1 aromatic carbocycles. The predicted octanol–water partition coefficient (Wildman–Crippen LogP) is 1.61. The molecule has 0 heterocycles. The molecule has 1 rings (SSSR count). The monoisotopic (exact) mass is 241 g/mol. The van der Waals surface area contributed by atoms with Crippen molar-refractivity contribution in [2.45, 2.75) is 13.0 Å². The maximum absolute atomic E-state index is 13.2. The number of aliphatic carboxylic acids is 1. The highest BCUT2D eigenvalue weighted by atomic mass is 19.1. The molecule has 4 nitrogen and oxygen atoms in total. The molecule has 0 aliphatic rings. The van der Waals surface area contributed by atoms with Gasteiger partial charge in [0.2, 0.25) is 0 Å². The summed E-state index contributed by atoms with van der Waals surface area (Å²) in [6.07, 6.45) is 0. The Hall–Kier alpha value is -1.62. The highest BCUT2D eigenvalue weighted by Gasteiger charge is 2.16. The Bertz CT molecular complexity index is 384. The Morgan fingerprint density at radius 1 is 1.53 bits per heavy atom. The molecule has 94 valence electrons. The largest absolute Gasteiger partial charge is 0.489 e. The van der Waals surface area contributed by atoms with Gasteiger partial charge in [-0.05, 0) is 26.1 Å². The van der Waals surface area contributed by atoms with E-state index in [1.165, 1.54) is 12.1 Å². The normalized spacial score (nSPS) is 12.5. The van der Waals surface area contributed by atoms with Crippen LogP contribution in [0.1, 0.15) is 6.92 Å². The number of carbonyl (C=O) groups is 1. The van der Waals surface area contributed by atoms with Gasteiger partial charge < -0.3 is 9.84 Å². The van der Waals surface area contributed by atoms with Crippen LogP contribution < -0.4 is 4.74 Å². The summed E-state index contributed by atoms with van der Waals surface area (Å²) in [6.45, 7) is 2.25. The summed E-state index contributed by atoms with van der Waals surface area (Å²) in [7, 11) is 1.68. The second-order valence-electron chi connectivity index (χ2n) is 3.77. The van der Waals surface area contributed by atoms with E-state index in [0.717, 1.165) is 0 Å². The lowest BCUT2D eigenvalue weighted by Crippen LogP contribution is -2.38. The van der Waals surface area contributed by atoms with Crippen LogP contribution in [0.25, 0.3) is 0 Å². The average molecular weight is 241 g/mol. The number of hydrogen-bond acceptors (Lipinski definition) is 3. The fourth-order valence-corrected chi connectivity index (χ4v) is 1.24. The van der Waals surface area contributed by atoms with Crippen LogP contribution >= 0.6 is 0 Å². The van der Waals surface area contributed by atoms with E-state index in [9.17, 15) is 9.18 Å². The zero-order valence-electron chi connectivity index (χ0n) is 9.89. The maximum atomic E-state index is 13.2. The molecule has 0 saturated heterocycles. The first-order chi connectivity index (χ1) is 8.02. The van der Waals surface area contributed by atoms with Crippen molar-refractivity contribution in [2.24, 2.45) is 0 Å². The second-order valence-corrected chi connectivity index (χ2v) is 3.77. The van der Waals surface area contributed by atoms with Gasteiger partial charge in [-0.25, -0.2) is 4.39 Å². The minimum absolute atomic E-state index is 0.184. The highest BCUT2D eigenvalue weighted by molar-refractivity contribution is 5.72. The summed E-state index contributed by atoms with van der Waals surface area (Å²) in [5.74, 6) is -1.12. The molecule has 0 fully saturated rings. The third-order valence-electron chi connectivity index (χ3n) is 2.56. The number of ether oxygens (including phenoxy) is 1. The first-order valence-electron chi connectivity index (χ1n) is 5.32. The van der Waals surface area contributed by atoms with Crippen LogP contribution in [0.2, 0.25) is 0 Å². The number of carboxylic acid groups (broad SMARTS) is 1. The predicted molar refractivity (Wildman–Crippen MR) is 61.6 cm³/mol. The molecule has 0 spiro atoms. The van der Waals surface area contributed by atoms with Crippen LogP contribution in [-0.2, 0) is 4.79 Å². The summed E-state index contributed by atoms with van der Waals surface area (Å²) in [5, 5.41) is 8.77. The number of nitrogens with zero attached hydrogens (tertiary/aromatic N) is 1. The fourth-order valence-electron chi connectivity index (χ4n) is 1.24. The Morgan fingerprint density at radius 2 is 2.18 bits per heavy atom. The molecule has 1 unspecified atom stereocenters.